The molecule has 5 rings (SSSR count). The Morgan fingerprint density at radius 3 is 2.48 bits per heavy atom. The van der Waals surface area contributed by atoms with E-state index in [4.69, 9.17) is 4.99 Å². The van der Waals surface area contributed by atoms with Gasteiger partial charge in [0.1, 0.15) is 11.6 Å². The fraction of sp³-hybridized carbons (Fsp3) is 0.333. The number of fused-ring (bicyclic) bond motifs is 2. The average Bonchev–Trinajstić information content (AvgIpc) is 2.77. The molecule has 2 aromatic carbocycles. The van der Waals surface area contributed by atoms with Gasteiger partial charge >= 0.3 is 0 Å². The first-order valence-corrected chi connectivity index (χ1v) is 10.7. The van der Waals surface area contributed by atoms with Crippen molar-refractivity contribution in [1.29, 1.82) is 0 Å². The Bertz CT molecular complexity index is 1050. The molecule has 0 saturated heterocycles. The van der Waals surface area contributed by atoms with Crippen LogP contribution in [-0.4, -0.2) is 52.7 Å². The molecule has 2 aromatic rings. The van der Waals surface area contributed by atoms with Crippen LogP contribution in [0, 0.1) is 11.6 Å². The molecular weight excluding hydrogens is 398 g/mol. The standard InChI is InChI=1S/C24H24F2N4O/c25-19-11-18(12-20(26)13-19)14-28-10-7-22-21(16-28)23(31)30(15-17-5-2-1-3-6-17)24-27-8-4-9-29(22)24/h1-3,5-6,11-13H,4,7-10,14-16H2. The van der Waals surface area contributed by atoms with Crippen molar-refractivity contribution in [2.75, 3.05) is 26.2 Å². The highest BCUT2D eigenvalue weighted by molar-refractivity contribution is 6.09. The molecule has 0 atom stereocenters. The van der Waals surface area contributed by atoms with Crippen LogP contribution in [0.4, 0.5) is 8.78 Å². The molecule has 0 fully saturated rings. The van der Waals surface area contributed by atoms with Crippen LogP contribution in [0.2, 0.25) is 0 Å². The summed E-state index contributed by atoms with van der Waals surface area (Å²) in [6, 6.07) is 13.5. The fourth-order valence-corrected chi connectivity index (χ4v) is 4.64. The van der Waals surface area contributed by atoms with Crippen molar-refractivity contribution in [2.45, 2.75) is 25.9 Å². The van der Waals surface area contributed by atoms with Crippen LogP contribution in [0.25, 0.3) is 0 Å². The second kappa shape index (κ2) is 8.23. The summed E-state index contributed by atoms with van der Waals surface area (Å²) in [5, 5.41) is 0. The van der Waals surface area contributed by atoms with Gasteiger partial charge in [0.05, 0.1) is 12.1 Å². The van der Waals surface area contributed by atoms with E-state index in [0.29, 0.717) is 25.2 Å². The van der Waals surface area contributed by atoms with Crippen molar-refractivity contribution >= 4 is 11.9 Å². The van der Waals surface area contributed by atoms with Crippen molar-refractivity contribution < 1.29 is 13.6 Å². The second-order valence-corrected chi connectivity index (χ2v) is 8.23. The number of rotatable bonds is 4. The molecule has 31 heavy (non-hydrogen) atoms. The summed E-state index contributed by atoms with van der Waals surface area (Å²) >= 11 is 0. The lowest BCUT2D eigenvalue weighted by atomic mass is 9.99. The van der Waals surface area contributed by atoms with Crippen LogP contribution in [0.3, 0.4) is 0 Å². The van der Waals surface area contributed by atoms with Crippen LogP contribution < -0.4 is 0 Å². The van der Waals surface area contributed by atoms with Crippen LogP contribution in [0.15, 0.2) is 64.8 Å². The highest BCUT2D eigenvalue weighted by Gasteiger charge is 2.40. The summed E-state index contributed by atoms with van der Waals surface area (Å²) in [6.07, 6.45) is 1.68. The third kappa shape index (κ3) is 3.97. The van der Waals surface area contributed by atoms with Gasteiger partial charge in [-0.2, -0.15) is 0 Å². The molecule has 0 unspecified atom stereocenters. The SMILES string of the molecule is O=C1C2=C(CCN(Cc3cc(F)cc(F)c3)C2)N2CCCN=C2N1Cc1ccccc1. The molecule has 0 spiro atoms. The van der Waals surface area contributed by atoms with Gasteiger partial charge in [-0.15, -0.1) is 0 Å². The summed E-state index contributed by atoms with van der Waals surface area (Å²) in [4.78, 5) is 24.3. The predicted molar refractivity (Wildman–Crippen MR) is 114 cm³/mol. The monoisotopic (exact) mass is 422 g/mol. The minimum absolute atomic E-state index is 0.0223. The Morgan fingerprint density at radius 2 is 1.71 bits per heavy atom. The molecule has 0 bridgehead atoms. The normalized spacial score (nSPS) is 19.3. The number of carbonyl (C=O) groups is 1. The minimum atomic E-state index is -0.580. The highest BCUT2D eigenvalue weighted by Crippen LogP contribution is 2.32. The Balaban J connectivity index is 1.42. The van der Waals surface area contributed by atoms with E-state index in [-0.39, 0.29) is 5.91 Å². The smallest absolute Gasteiger partial charge is 0.259 e. The average molecular weight is 422 g/mol. The van der Waals surface area contributed by atoms with Gasteiger partial charge in [0.15, 0.2) is 0 Å². The zero-order valence-corrected chi connectivity index (χ0v) is 17.2. The Morgan fingerprint density at radius 1 is 0.935 bits per heavy atom. The summed E-state index contributed by atoms with van der Waals surface area (Å²) in [7, 11) is 0. The molecule has 5 nitrogen and oxygen atoms in total. The topological polar surface area (TPSA) is 39.2 Å². The number of hydrogen-bond acceptors (Lipinski definition) is 4. The maximum Gasteiger partial charge on any atom is 0.259 e. The fourth-order valence-electron chi connectivity index (χ4n) is 4.64. The van der Waals surface area contributed by atoms with E-state index in [9.17, 15) is 13.6 Å². The van der Waals surface area contributed by atoms with Crippen LogP contribution in [0.1, 0.15) is 24.0 Å². The van der Waals surface area contributed by atoms with Gasteiger partial charge < -0.3 is 4.90 Å². The summed E-state index contributed by atoms with van der Waals surface area (Å²) in [6.45, 7) is 3.64. The lowest BCUT2D eigenvalue weighted by molar-refractivity contribution is -0.125. The molecule has 0 radical (unpaired) electrons. The summed E-state index contributed by atoms with van der Waals surface area (Å²) in [5.74, 6) is -0.432. The molecule has 3 heterocycles. The van der Waals surface area contributed by atoms with E-state index in [2.05, 4.69) is 9.80 Å². The maximum atomic E-state index is 13.6. The lowest BCUT2D eigenvalue weighted by Crippen LogP contribution is -2.56. The van der Waals surface area contributed by atoms with Crippen molar-refractivity contribution in [1.82, 2.24) is 14.7 Å². The number of guanidine groups is 1. The van der Waals surface area contributed by atoms with Gasteiger partial charge in [0, 0.05) is 50.9 Å². The molecule has 160 valence electrons. The molecule has 0 saturated carbocycles. The van der Waals surface area contributed by atoms with Crippen LogP contribution in [0.5, 0.6) is 0 Å². The zero-order valence-electron chi connectivity index (χ0n) is 17.2. The van der Waals surface area contributed by atoms with Crippen molar-refractivity contribution in [2.24, 2.45) is 4.99 Å². The first-order valence-electron chi connectivity index (χ1n) is 10.7. The highest BCUT2D eigenvalue weighted by atomic mass is 19.1. The molecule has 0 aromatic heterocycles. The van der Waals surface area contributed by atoms with Crippen molar-refractivity contribution in [3.05, 3.63) is 82.6 Å². The van der Waals surface area contributed by atoms with E-state index in [1.54, 1.807) is 4.90 Å². The number of halogens is 2. The molecule has 0 N–H and O–H groups in total. The van der Waals surface area contributed by atoms with Gasteiger partial charge in [-0.1, -0.05) is 30.3 Å². The number of hydrogen-bond donors (Lipinski definition) is 0. The first-order chi connectivity index (χ1) is 15.1. The lowest BCUT2D eigenvalue weighted by Gasteiger charge is -2.45. The molecule has 1 amide bonds. The van der Waals surface area contributed by atoms with E-state index >= 15 is 0 Å². The number of benzene rings is 2. The Kier molecular flexibility index (Phi) is 5.28. The number of aliphatic imine (C=N–C) groups is 1. The van der Waals surface area contributed by atoms with Crippen LogP contribution in [-0.2, 0) is 17.9 Å². The molecule has 0 aliphatic carbocycles. The number of amides is 1. The van der Waals surface area contributed by atoms with Crippen molar-refractivity contribution in [3.63, 3.8) is 0 Å². The predicted octanol–water partition coefficient (Wildman–Crippen LogP) is 3.53. The van der Waals surface area contributed by atoms with E-state index in [0.717, 1.165) is 61.3 Å². The number of nitrogens with zero attached hydrogens (tertiary/aromatic N) is 4. The molecule has 3 aliphatic heterocycles. The van der Waals surface area contributed by atoms with E-state index < -0.39 is 11.6 Å². The molecular formula is C24H24F2N4O. The van der Waals surface area contributed by atoms with E-state index in [1.165, 1.54) is 12.1 Å². The Labute approximate surface area is 180 Å². The summed E-state index contributed by atoms with van der Waals surface area (Å²) in [5.41, 5.74) is 3.44. The minimum Gasteiger partial charge on any atom is -0.315 e. The molecule has 7 heteroatoms. The van der Waals surface area contributed by atoms with Gasteiger partial charge in [0.25, 0.3) is 5.91 Å². The summed E-state index contributed by atoms with van der Waals surface area (Å²) < 4.78 is 27.2. The quantitative estimate of drug-likeness (QED) is 0.757. The zero-order chi connectivity index (χ0) is 21.4. The number of carbonyl (C=O) groups excluding carboxylic acids is 1. The first kappa shape index (κ1) is 19.9. The third-order valence-electron chi connectivity index (χ3n) is 6.01. The Hall–Kier alpha value is -3.06. The maximum absolute atomic E-state index is 13.6. The van der Waals surface area contributed by atoms with Gasteiger partial charge in [-0.25, -0.2) is 8.78 Å². The van der Waals surface area contributed by atoms with Gasteiger partial charge in [-0.05, 0) is 29.7 Å². The van der Waals surface area contributed by atoms with Gasteiger partial charge in [0.2, 0.25) is 5.96 Å². The third-order valence-corrected chi connectivity index (χ3v) is 6.01. The van der Waals surface area contributed by atoms with Crippen molar-refractivity contribution in [3.8, 4) is 0 Å². The van der Waals surface area contributed by atoms with Crippen LogP contribution >= 0.6 is 0 Å². The largest absolute Gasteiger partial charge is 0.315 e. The van der Waals surface area contributed by atoms with E-state index in [1.807, 2.05) is 30.3 Å². The van der Waals surface area contributed by atoms with Gasteiger partial charge in [-0.3, -0.25) is 19.6 Å². The second-order valence-electron chi connectivity index (χ2n) is 8.23. The molecule has 3 aliphatic rings.